The van der Waals surface area contributed by atoms with Crippen molar-refractivity contribution < 1.29 is 14.3 Å². The van der Waals surface area contributed by atoms with Crippen molar-refractivity contribution in [2.75, 3.05) is 7.11 Å². The van der Waals surface area contributed by atoms with Crippen molar-refractivity contribution in [2.45, 2.75) is 25.9 Å². The molecule has 0 saturated carbocycles. The molecule has 0 spiro atoms. The predicted octanol–water partition coefficient (Wildman–Crippen LogP) is 5.90. The monoisotopic (exact) mass is 452 g/mol. The summed E-state index contributed by atoms with van der Waals surface area (Å²) in [4.78, 5) is 12.3. The van der Waals surface area contributed by atoms with E-state index in [0.29, 0.717) is 13.0 Å². The second kappa shape index (κ2) is 11.7. The number of nitrogens with one attached hydrogen (secondary N) is 1. The highest BCUT2D eigenvalue weighted by Gasteiger charge is 2.08. The van der Waals surface area contributed by atoms with E-state index >= 15 is 0 Å². The van der Waals surface area contributed by atoms with E-state index in [4.69, 9.17) is 9.47 Å². The molecule has 5 heteroatoms. The molecule has 0 aliphatic heterocycles. The van der Waals surface area contributed by atoms with Crippen molar-refractivity contribution in [2.24, 2.45) is 5.10 Å². The van der Waals surface area contributed by atoms with Crippen LogP contribution in [0.5, 0.6) is 11.5 Å². The average Bonchev–Trinajstić information content (AvgIpc) is 2.89. The lowest BCUT2D eigenvalue weighted by Crippen LogP contribution is -2.17. The number of amides is 1. The molecule has 34 heavy (non-hydrogen) atoms. The fraction of sp³-hybridized carbons (Fsp3) is 0.172. The van der Waals surface area contributed by atoms with E-state index in [1.165, 1.54) is 5.56 Å². The zero-order chi connectivity index (χ0) is 23.6. The van der Waals surface area contributed by atoms with Crippen molar-refractivity contribution in [3.8, 4) is 11.5 Å². The van der Waals surface area contributed by atoms with Crippen LogP contribution < -0.4 is 14.9 Å². The highest BCUT2D eigenvalue weighted by atomic mass is 16.5. The van der Waals surface area contributed by atoms with Gasteiger partial charge < -0.3 is 9.47 Å². The molecule has 4 rings (SSSR count). The van der Waals surface area contributed by atoms with Crippen LogP contribution in [0, 0.1) is 0 Å². The summed E-state index contributed by atoms with van der Waals surface area (Å²) in [5, 5.41) is 6.34. The number of methoxy groups -OCH3 is 1. The van der Waals surface area contributed by atoms with Crippen molar-refractivity contribution >= 4 is 22.9 Å². The number of carbonyl (C=O) groups is 1. The number of hydrogen-bond acceptors (Lipinski definition) is 4. The molecule has 0 aliphatic rings. The number of hydrazone groups is 1. The van der Waals surface area contributed by atoms with Gasteiger partial charge in [0.25, 0.3) is 0 Å². The summed E-state index contributed by atoms with van der Waals surface area (Å²) in [6, 6.07) is 30.0. The van der Waals surface area contributed by atoms with Crippen LogP contribution in [-0.4, -0.2) is 19.2 Å². The smallest absolute Gasteiger partial charge is 0.240 e. The third kappa shape index (κ3) is 6.23. The molecule has 172 valence electrons. The molecular formula is C29H28N2O3. The maximum absolute atomic E-state index is 12.3. The molecule has 0 saturated heterocycles. The molecule has 0 aliphatic carbocycles. The molecule has 0 bridgehead atoms. The number of ether oxygens (including phenoxy) is 2. The molecule has 0 heterocycles. The fourth-order valence-corrected chi connectivity index (χ4v) is 3.74. The van der Waals surface area contributed by atoms with Crippen molar-refractivity contribution in [1.29, 1.82) is 0 Å². The number of hydrogen-bond donors (Lipinski definition) is 1. The number of aryl methyl sites for hydroxylation is 1. The lowest BCUT2D eigenvalue weighted by molar-refractivity contribution is -0.121. The van der Waals surface area contributed by atoms with Crippen LogP contribution in [0.4, 0.5) is 0 Å². The minimum absolute atomic E-state index is 0.114. The van der Waals surface area contributed by atoms with E-state index in [1.54, 1.807) is 13.3 Å². The number of benzene rings is 4. The summed E-state index contributed by atoms with van der Waals surface area (Å²) >= 11 is 0. The van der Waals surface area contributed by atoms with Crippen LogP contribution in [0.2, 0.25) is 0 Å². The summed E-state index contributed by atoms with van der Waals surface area (Å²) in [6.07, 6.45) is 3.63. The molecular weight excluding hydrogens is 424 g/mol. The highest BCUT2D eigenvalue weighted by Crippen LogP contribution is 2.27. The Labute approximate surface area is 200 Å². The minimum Gasteiger partial charge on any atom is -0.497 e. The Morgan fingerprint density at radius 2 is 1.65 bits per heavy atom. The molecule has 0 radical (unpaired) electrons. The maximum Gasteiger partial charge on any atom is 0.240 e. The largest absolute Gasteiger partial charge is 0.497 e. The molecule has 4 aromatic rings. The van der Waals surface area contributed by atoms with Gasteiger partial charge in [-0.25, -0.2) is 5.43 Å². The van der Waals surface area contributed by atoms with E-state index in [2.05, 4.69) is 10.5 Å². The zero-order valence-electron chi connectivity index (χ0n) is 19.2. The van der Waals surface area contributed by atoms with Crippen LogP contribution in [0.3, 0.4) is 0 Å². The Bertz CT molecular complexity index is 1250. The van der Waals surface area contributed by atoms with E-state index in [1.807, 2.05) is 91.0 Å². The van der Waals surface area contributed by atoms with E-state index in [0.717, 1.165) is 46.2 Å². The molecule has 0 unspecified atom stereocenters. The first-order chi connectivity index (χ1) is 16.7. The van der Waals surface area contributed by atoms with E-state index in [-0.39, 0.29) is 5.91 Å². The number of carbonyl (C=O) groups excluding carboxylic acids is 1. The van der Waals surface area contributed by atoms with Gasteiger partial charge >= 0.3 is 0 Å². The first kappa shape index (κ1) is 23.1. The Kier molecular flexibility index (Phi) is 7.90. The summed E-state index contributed by atoms with van der Waals surface area (Å²) in [5.41, 5.74) is 5.76. The fourth-order valence-electron chi connectivity index (χ4n) is 3.74. The Hall–Kier alpha value is -4.12. The normalized spacial score (nSPS) is 11.0. The number of nitrogens with zero attached hydrogens (tertiary/aromatic N) is 1. The third-order valence-electron chi connectivity index (χ3n) is 5.58. The van der Waals surface area contributed by atoms with Gasteiger partial charge in [0.15, 0.2) is 0 Å². The van der Waals surface area contributed by atoms with Gasteiger partial charge in [0.05, 0.1) is 13.3 Å². The standard InChI is InChI=1S/C29H28N2O3/c1-33-25-17-14-22(15-18-25)10-7-13-29(32)31-30-20-27-26-12-6-5-11-24(26)16-19-28(27)34-21-23-8-3-2-4-9-23/h2-6,8-9,11-12,14-20H,7,10,13,21H2,1H3,(H,31,32)/b30-20-. The van der Waals surface area contributed by atoms with Crippen LogP contribution in [0.15, 0.2) is 96.1 Å². The second-order valence-corrected chi connectivity index (χ2v) is 7.97. The van der Waals surface area contributed by atoms with Crippen LogP contribution >= 0.6 is 0 Å². The number of rotatable bonds is 10. The lowest BCUT2D eigenvalue weighted by atomic mass is 10.0. The maximum atomic E-state index is 12.3. The van der Waals surface area contributed by atoms with Gasteiger partial charge in [-0.3, -0.25) is 4.79 Å². The Morgan fingerprint density at radius 3 is 2.44 bits per heavy atom. The second-order valence-electron chi connectivity index (χ2n) is 7.97. The highest BCUT2D eigenvalue weighted by molar-refractivity contribution is 6.02. The number of fused-ring (bicyclic) bond motifs is 1. The first-order valence-electron chi connectivity index (χ1n) is 11.4. The molecule has 0 aromatic heterocycles. The summed E-state index contributed by atoms with van der Waals surface area (Å²) in [5.74, 6) is 1.44. The van der Waals surface area contributed by atoms with Gasteiger partial charge in [-0.2, -0.15) is 5.10 Å². The SMILES string of the molecule is COc1ccc(CCCC(=O)N/N=C\c2c(OCc3ccccc3)ccc3ccccc23)cc1. The topological polar surface area (TPSA) is 59.9 Å². The van der Waals surface area contributed by atoms with Gasteiger partial charge in [-0.1, -0.05) is 72.8 Å². The molecule has 1 amide bonds. The molecule has 0 fully saturated rings. The minimum atomic E-state index is -0.114. The van der Waals surface area contributed by atoms with Crippen molar-refractivity contribution in [3.63, 3.8) is 0 Å². The van der Waals surface area contributed by atoms with Crippen LogP contribution in [0.25, 0.3) is 10.8 Å². The first-order valence-corrected chi connectivity index (χ1v) is 11.4. The third-order valence-corrected chi connectivity index (χ3v) is 5.58. The van der Waals surface area contributed by atoms with Gasteiger partial charge in [0, 0.05) is 12.0 Å². The van der Waals surface area contributed by atoms with Crippen molar-refractivity contribution in [1.82, 2.24) is 5.43 Å². The summed E-state index contributed by atoms with van der Waals surface area (Å²) < 4.78 is 11.3. The predicted molar refractivity (Wildman–Crippen MR) is 136 cm³/mol. The van der Waals surface area contributed by atoms with Gasteiger partial charge in [0.2, 0.25) is 5.91 Å². The van der Waals surface area contributed by atoms with Gasteiger partial charge in [0.1, 0.15) is 18.1 Å². The average molecular weight is 453 g/mol. The summed E-state index contributed by atoms with van der Waals surface area (Å²) in [7, 11) is 1.65. The van der Waals surface area contributed by atoms with Crippen LogP contribution in [0.1, 0.15) is 29.5 Å². The molecule has 0 atom stereocenters. The van der Waals surface area contributed by atoms with E-state index < -0.39 is 0 Å². The van der Waals surface area contributed by atoms with Crippen LogP contribution in [-0.2, 0) is 17.8 Å². The molecule has 5 nitrogen and oxygen atoms in total. The molecule has 1 N–H and O–H groups in total. The zero-order valence-corrected chi connectivity index (χ0v) is 19.2. The quantitative estimate of drug-likeness (QED) is 0.241. The Balaban J connectivity index is 1.38. The summed E-state index contributed by atoms with van der Waals surface area (Å²) in [6.45, 7) is 0.456. The van der Waals surface area contributed by atoms with E-state index in [9.17, 15) is 4.79 Å². The molecule has 4 aromatic carbocycles. The van der Waals surface area contributed by atoms with Gasteiger partial charge in [-0.15, -0.1) is 0 Å². The Morgan fingerprint density at radius 1 is 0.882 bits per heavy atom. The van der Waals surface area contributed by atoms with Gasteiger partial charge in [-0.05, 0) is 52.9 Å². The lowest BCUT2D eigenvalue weighted by Gasteiger charge is -2.12. The van der Waals surface area contributed by atoms with Crippen molar-refractivity contribution in [3.05, 3.63) is 108 Å².